The van der Waals surface area contributed by atoms with Gasteiger partial charge in [-0.2, -0.15) is 0 Å². The summed E-state index contributed by atoms with van der Waals surface area (Å²) in [6.45, 7) is 2.97. The van der Waals surface area contributed by atoms with Crippen LogP contribution in [0.3, 0.4) is 0 Å². The van der Waals surface area contributed by atoms with Gasteiger partial charge in [0.05, 0.1) is 0 Å². The Bertz CT molecular complexity index is 608. The van der Waals surface area contributed by atoms with Crippen LogP contribution in [-0.2, 0) is 6.54 Å². The van der Waals surface area contributed by atoms with E-state index in [0.29, 0.717) is 0 Å². The Hall–Kier alpha value is -1.32. The number of benzene rings is 2. The SMILES string of the molecule is Cc1ccccc1Oc1ccc(CNC2CC2)c(Br)c1. The zero-order chi connectivity index (χ0) is 13.9. The van der Waals surface area contributed by atoms with Crippen molar-refractivity contribution in [3.05, 3.63) is 58.1 Å². The van der Waals surface area contributed by atoms with E-state index in [2.05, 4.69) is 40.3 Å². The first-order valence-corrected chi connectivity index (χ1v) is 7.77. The Morgan fingerprint density at radius 2 is 2.00 bits per heavy atom. The van der Waals surface area contributed by atoms with E-state index in [1.54, 1.807) is 0 Å². The van der Waals surface area contributed by atoms with Gasteiger partial charge >= 0.3 is 0 Å². The molecule has 1 aliphatic carbocycles. The molecule has 0 saturated heterocycles. The average molecular weight is 332 g/mol. The van der Waals surface area contributed by atoms with Crippen LogP contribution in [0.15, 0.2) is 46.9 Å². The van der Waals surface area contributed by atoms with Gasteiger partial charge in [0.25, 0.3) is 0 Å². The van der Waals surface area contributed by atoms with Gasteiger partial charge in [-0.05, 0) is 49.1 Å². The molecule has 0 spiro atoms. The molecular weight excluding hydrogens is 314 g/mol. The van der Waals surface area contributed by atoms with Crippen molar-refractivity contribution in [2.45, 2.75) is 32.4 Å². The van der Waals surface area contributed by atoms with E-state index in [4.69, 9.17) is 4.74 Å². The molecule has 3 rings (SSSR count). The molecule has 2 aromatic carbocycles. The first-order valence-electron chi connectivity index (χ1n) is 6.97. The number of nitrogens with one attached hydrogen (secondary N) is 1. The van der Waals surface area contributed by atoms with Crippen LogP contribution in [0.4, 0.5) is 0 Å². The van der Waals surface area contributed by atoms with Crippen molar-refractivity contribution in [1.29, 1.82) is 0 Å². The van der Waals surface area contributed by atoms with Crippen LogP contribution in [0.5, 0.6) is 11.5 Å². The highest BCUT2D eigenvalue weighted by molar-refractivity contribution is 9.10. The van der Waals surface area contributed by atoms with Crippen molar-refractivity contribution < 1.29 is 4.74 Å². The Kier molecular flexibility index (Phi) is 4.08. The Labute approximate surface area is 128 Å². The van der Waals surface area contributed by atoms with Crippen LogP contribution in [0.2, 0.25) is 0 Å². The number of hydrogen-bond acceptors (Lipinski definition) is 2. The summed E-state index contributed by atoms with van der Waals surface area (Å²) in [6, 6.07) is 15.0. The molecule has 1 fully saturated rings. The highest BCUT2D eigenvalue weighted by atomic mass is 79.9. The normalized spacial score (nSPS) is 14.3. The van der Waals surface area contributed by atoms with E-state index in [1.165, 1.54) is 18.4 Å². The molecule has 104 valence electrons. The van der Waals surface area contributed by atoms with E-state index in [9.17, 15) is 0 Å². The number of ether oxygens (including phenoxy) is 1. The summed E-state index contributed by atoms with van der Waals surface area (Å²) in [6.07, 6.45) is 2.62. The molecule has 1 saturated carbocycles. The van der Waals surface area contributed by atoms with Crippen LogP contribution in [-0.4, -0.2) is 6.04 Å². The maximum absolute atomic E-state index is 5.93. The molecule has 0 radical (unpaired) electrons. The molecule has 0 aromatic heterocycles. The molecule has 0 bridgehead atoms. The van der Waals surface area contributed by atoms with E-state index >= 15 is 0 Å². The van der Waals surface area contributed by atoms with Crippen molar-refractivity contribution in [3.63, 3.8) is 0 Å². The predicted molar refractivity (Wildman–Crippen MR) is 85.3 cm³/mol. The lowest BCUT2D eigenvalue weighted by atomic mass is 10.2. The largest absolute Gasteiger partial charge is 0.457 e. The Morgan fingerprint density at radius 1 is 1.20 bits per heavy atom. The van der Waals surface area contributed by atoms with E-state index in [1.807, 2.05) is 30.3 Å². The van der Waals surface area contributed by atoms with Gasteiger partial charge in [0.15, 0.2) is 0 Å². The predicted octanol–water partition coefficient (Wildman–Crippen LogP) is 4.80. The lowest BCUT2D eigenvalue weighted by Crippen LogP contribution is -2.15. The lowest BCUT2D eigenvalue weighted by molar-refractivity contribution is 0.478. The fraction of sp³-hybridized carbons (Fsp3) is 0.294. The molecule has 1 N–H and O–H groups in total. The van der Waals surface area contributed by atoms with Crippen LogP contribution in [0.1, 0.15) is 24.0 Å². The van der Waals surface area contributed by atoms with E-state index in [-0.39, 0.29) is 0 Å². The minimum Gasteiger partial charge on any atom is -0.457 e. The molecule has 3 heteroatoms. The molecule has 0 atom stereocenters. The second kappa shape index (κ2) is 5.98. The third-order valence-electron chi connectivity index (χ3n) is 3.50. The Balaban J connectivity index is 1.71. The fourth-order valence-corrected chi connectivity index (χ4v) is 2.57. The summed E-state index contributed by atoms with van der Waals surface area (Å²) in [7, 11) is 0. The van der Waals surface area contributed by atoms with Gasteiger partial charge in [0, 0.05) is 17.1 Å². The number of halogens is 1. The smallest absolute Gasteiger partial charge is 0.130 e. The number of aryl methyl sites for hydroxylation is 1. The highest BCUT2D eigenvalue weighted by Gasteiger charge is 2.20. The zero-order valence-corrected chi connectivity index (χ0v) is 13.1. The molecule has 0 heterocycles. The summed E-state index contributed by atoms with van der Waals surface area (Å²) in [5, 5.41) is 3.52. The molecule has 0 aliphatic heterocycles. The molecule has 1 aliphatic rings. The fourth-order valence-electron chi connectivity index (χ4n) is 2.07. The summed E-state index contributed by atoms with van der Waals surface area (Å²) in [5.74, 6) is 1.77. The van der Waals surface area contributed by atoms with E-state index in [0.717, 1.165) is 34.1 Å². The third kappa shape index (κ3) is 3.41. The van der Waals surface area contributed by atoms with Gasteiger partial charge in [-0.25, -0.2) is 0 Å². The molecular formula is C17H18BrNO. The van der Waals surface area contributed by atoms with Gasteiger partial charge in [0.1, 0.15) is 11.5 Å². The first-order chi connectivity index (χ1) is 9.72. The summed E-state index contributed by atoms with van der Waals surface area (Å²) in [5.41, 5.74) is 2.41. The monoisotopic (exact) mass is 331 g/mol. The van der Waals surface area contributed by atoms with Crippen LogP contribution in [0.25, 0.3) is 0 Å². The van der Waals surface area contributed by atoms with Crippen molar-refractivity contribution >= 4 is 15.9 Å². The van der Waals surface area contributed by atoms with Crippen LogP contribution >= 0.6 is 15.9 Å². The second-order valence-corrected chi connectivity index (χ2v) is 6.13. The van der Waals surface area contributed by atoms with Crippen molar-refractivity contribution in [2.75, 3.05) is 0 Å². The first kappa shape index (κ1) is 13.7. The molecule has 20 heavy (non-hydrogen) atoms. The molecule has 0 unspecified atom stereocenters. The van der Waals surface area contributed by atoms with Crippen LogP contribution in [0, 0.1) is 6.92 Å². The van der Waals surface area contributed by atoms with Gasteiger partial charge in [-0.1, -0.05) is 40.2 Å². The number of rotatable bonds is 5. The van der Waals surface area contributed by atoms with E-state index < -0.39 is 0 Å². The minimum absolute atomic E-state index is 0.727. The van der Waals surface area contributed by atoms with Crippen molar-refractivity contribution in [2.24, 2.45) is 0 Å². The molecule has 0 amide bonds. The molecule has 2 aromatic rings. The van der Waals surface area contributed by atoms with Gasteiger partial charge in [-0.15, -0.1) is 0 Å². The lowest BCUT2D eigenvalue weighted by Gasteiger charge is -2.11. The minimum atomic E-state index is 0.727. The number of para-hydroxylation sites is 1. The summed E-state index contributed by atoms with van der Waals surface area (Å²) >= 11 is 3.63. The second-order valence-electron chi connectivity index (χ2n) is 5.28. The molecule has 2 nitrogen and oxygen atoms in total. The van der Waals surface area contributed by atoms with Gasteiger partial charge in [0.2, 0.25) is 0 Å². The summed E-state index contributed by atoms with van der Waals surface area (Å²) < 4.78 is 7.03. The Morgan fingerprint density at radius 3 is 2.70 bits per heavy atom. The maximum atomic E-state index is 5.93. The van der Waals surface area contributed by atoms with Crippen molar-refractivity contribution in [1.82, 2.24) is 5.32 Å². The average Bonchev–Trinajstić information content (AvgIpc) is 3.25. The summed E-state index contributed by atoms with van der Waals surface area (Å²) in [4.78, 5) is 0. The zero-order valence-electron chi connectivity index (χ0n) is 11.5. The van der Waals surface area contributed by atoms with Crippen molar-refractivity contribution in [3.8, 4) is 11.5 Å². The van der Waals surface area contributed by atoms with Gasteiger partial charge < -0.3 is 10.1 Å². The standard InChI is InChI=1S/C17H18BrNO/c1-12-4-2-3-5-17(12)20-15-9-6-13(16(18)10-15)11-19-14-7-8-14/h2-6,9-10,14,19H,7-8,11H2,1H3. The highest BCUT2D eigenvalue weighted by Crippen LogP contribution is 2.29. The van der Waals surface area contributed by atoms with Gasteiger partial charge in [-0.3, -0.25) is 0 Å². The quantitative estimate of drug-likeness (QED) is 0.849. The number of hydrogen-bond donors (Lipinski definition) is 1. The maximum Gasteiger partial charge on any atom is 0.130 e. The topological polar surface area (TPSA) is 21.3 Å². The third-order valence-corrected chi connectivity index (χ3v) is 4.24. The van der Waals surface area contributed by atoms with Crippen LogP contribution < -0.4 is 10.1 Å².